The average molecular weight is 253 g/mol. The van der Waals surface area contributed by atoms with E-state index in [4.69, 9.17) is 9.84 Å². The summed E-state index contributed by atoms with van der Waals surface area (Å²) in [5.74, 6) is 0.102. The Morgan fingerprint density at radius 2 is 1.94 bits per heavy atom. The van der Waals surface area contributed by atoms with Gasteiger partial charge in [0, 0.05) is 32.9 Å². The highest BCUT2D eigenvalue weighted by Crippen LogP contribution is 2.09. The summed E-state index contributed by atoms with van der Waals surface area (Å²) in [7, 11) is -1.67. The van der Waals surface area contributed by atoms with Crippen molar-refractivity contribution in [3.8, 4) is 0 Å². The van der Waals surface area contributed by atoms with Gasteiger partial charge in [-0.05, 0) is 26.7 Å². The Morgan fingerprint density at radius 1 is 1.31 bits per heavy atom. The lowest BCUT2D eigenvalue weighted by molar-refractivity contribution is 0.198. The number of hydrogen-bond donors (Lipinski definition) is 1. The van der Waals surface area contributed by atoms with Gasteiger partial charge in [-0.25, -0.2) is 8.42 Å². The van der Waals surface area contributed by atoms with Crippen molar-refractivity contribution in [2.75, 3.05) is 32.6 Å². The fraction of sp³-hybridized carbons (Fsp3) is 1.00. The maximum Gasteiger partial charge on any atom is 0.214 e. The molecule has 0 fully saturated rings. The zero-order valence-electron chi connectivity index (χ0n) is 10.3. The number of rotatable bonds is 9. The SMILES string of the molecule is COCCCS(=O)(=O)N(CCCO)C(C)C. The molecular weight excluding hydrogens is 230 g/mol. The van der Waals surface area contributed by atoms with Crippen LogP contribution >= 0.6 is 0 Å². The molecule has 16 heavy (non-hydrogen) atoms. The molecule has 1 N–H and O–H groups in total. The molecule has 0 aliphatic rings. The molecule has 0 radical (unpaired) electrons. The fourth-order valence-electron chi connectivity index (χ4n) is 1.45. The van der Waals surface area contributed by atoms with Gasteiger partial charge in [0.15, 0.2) is 0 Å². The van der Waals surface area contributed by atoms with E-state index in [1.165, 1.54) is 4.31 Å². The molecule has 0 bridgehead atoms. The smallest absolute Gasteiger partial charge is 0.214 e. The standard InChI is InChI=1S/C10H23NO4S/c1-10(2)11(6-4-7-12)16(13,14)9-5-8-15-3/h10,12H,4-9H2,1-3H3. The summed E-state index contributed by atoms with van der Waals surface area (Å²) in [5, 5.41) is 8.74. The minimum atomic E-state index is -3.22. The first kappa shape index (κ1) is 15.8. The largest absolute Gasteiger partial charge is 0.396 e. The Bertz CT molecular complexity index is 264. The predicted octanol–water partition coefficient (Wildman–Crippen LogP) is 0.446. The highest BCUT2D eigenvalue weighted by molar-refractivity contribution is 7.89. The van der Waals surface area contributed by atoms with Crippen LogP contribution in [0.5, 0.6) is 0 Å². The summed E-state index contributed by atoms with van der Waals surface area (Å²) in [5.41, 5.74) is 0. The first-order chi connectivity index (χ1) is 7.45. The van der Waals surface area contributed by atoms with Crippen LogP contribution in [0.15, 0.2) is 0 Å². The lowest BCUT2D eigenvalue weighted by Crippen LogP contribution is -2.39. The van der Waals surface area contributed by atoms with Gasteiger partial charge in [-0.3, -0.25) is 0 Å². The van der Waals surface area contributed by atoms with E-state index in [2.05, 4.69) is 0 Å². The van der Waals surface area contributed by atoms with E-state index < -0.39 is 10.0 Å². The molecule has 0 atom stereocenters. The minimum absolute atomic E-state index is 0.0107. The minimum Gasteiger partial charge on any atom is -0.396 e. The molecule has 0 rings (SSSR count). The Labute approximate surface area is 98.5 Å². The van der Waals surface area contributed by atoms with Gasteiger partial charge in [-0.2, -0.15) is 4.31 Å². The van der Waals surface area contributed by atoms with Crippen molar-refractivity contribution < 1.29 is 18.3 Å². The number of ether oxygens (including phenoxy) is 1. The summed E-state index contributed by atoms with van der Waals surface area (Å²) in [6.07, 6.45) is 0.975. The molecule has 0 spiro atoms. The van der Waals surface area contributed by atoms with Gasteiger partial charge in [-0.1, -0.05) is 0 Å². The van der Waals surface area contributed by atoms with E-state index in [-0.39, 0.29) is 18.4 Å². The van der Waals surface area contributed by atoms with Crippen molar-refractivity contribution in [1.82, 2.24) is 4.31 Å². The van der Waals surface area contributed by atoms with Crippen LogP contribution in [0, 0.1) is 0 Å². The zero-order chi connectivity index (χ0) is 12.6. The van der Waals surface area contributed by atoms with Crippen molar-refractivity contribution in [3.63, 3.8) is 0 Å². The van der Waals surface area contributed by atoms with E-state index in [1.54, 1.807) is 7.11 Å². The number of nitrogens with zero attached hydrogens (tertiary/aromatic N) is 1. The van der Waals surface area contributed by atoms with Gasteiger partial charge in [0.1, 0.15) is 0 Å². The van der Waals surface area contributed by atoms with Crippen LogP contribution < -0.4 is 0 Å². The van der Waals surface area contributed by atoms with Crippen LogP contribution in [0.1, 0.15) is 26.7 Å². The Kier molecular flexibility index (Phi) is 7.91. The maximum absolute atomic E-state index is 11.9. The number of sulfonamides is 1. The highest BCUT2D eigenvalue weighted by Gasteiger charge is 2.23. The molecule has 6 heteroatoms. The second-order valence-corrected chi connectivity index (χ2v) is 5.99. The summed E-state index contributed by atoms with van der Waals surface area (Å²) < 4.78 is 30.2. The second-order valence-electron chi connectivity index (χ2n) is 3.94. The van der Waals surface area contributed by atoms with Crippen LogP contribution in [-0.2, 0) is 14.8 Å². The second kappa shape index (κ2) is 8.00. The third kappa shape index (κ3) is 5.79. The molecule has 0 amide bonds. The van der Waals surface area contributed by atoms with E-state index in [0.29, 0.717) is 26.0 Å². The maximum atomic E-state index is 11.9. The number of methoxy groups -OCH3 is 1. The molecule has 0 heterocycles. The fourth-order valence-corrected chi connectivity index (χ4v) is 3.21. The van der Waals surface area contributed by atoms with Crippen LogP contribution in [-0.4, -0.2) is 56.5 Å². The Hall–Kier alpha value is -0.170. The molecule has 0 aromatic carbocycles. The molecule has 0 aliphatic carbocycles. The lowest BCUT2D eigenvalue weighted by atomic mass is 10.3. The van der Waals surface area contributed by atoms with Crippen LogP contribution in [0.3, 0.4) is 0 Å². The summed E-state index contributed by atoms with van der Waals surface area (Å²) >= 11 is 0. The molecule has 98 valence electrons. The van der Waals surface area contributed by atoms with Gasteiger partial charge in [0.25, 0.3) is 0 Å². The van der Waals surface area contributed by atoms with Gasteiger partial charge < -0.3 is 9.84 Å². The number of aliphatic hydroxyl groups is 1. The van der Waals surface area contributed by atoms with Crippen molar-refractivity contribution in [3.05, 3.63) is 0 Å². The molecule has 0 aromatic heterocycles. The van der Waals surface area contributed by atoms with Gasteiger partial charge in [0.2, 0.25) is 10.0 Å². The summed E-state index contributed by atoms with van der Waals surface area (Å²) in [6, 6.07) is -0.0703. The normalized spacial score (nSPS) is 12.6. The first-order valence-electron chi connectivity index (χ1n) is 5.55. The Morgan fingerprint density at radius 3 is 2.38 bits per heavy atom. The van der Waals surface area contributed by atoms with Crippen molar-refractivity contribution in [2.45, 2.75) is 32.7 Å². The third-order valence-electron chi connectivity index (χ3n) is 2.22. The molecule has 0 unspecified atom stereocenters. The summed E-state index contributed by atoms with van der Waals surface area (Å²) in [4.78, 5) is 0. The van der Waals surface area contributed by atoms with E-state index in [9.17, 15) is 8.42 Å². The van der Waals surface area contributed by atoms with Crippen LogP contribution in [0.25, 0.3) is 0 Å². The number of hydrogen-bond acceptors (Lipinski definition) is 4. The third-order valence-corrected chi connectivity index (χ3v) is 4.34. The van der Waals surface area contributed by atoms with Gasteiger partial charge in [-0.15, -0.1) is 0 Å². The number of aliphatic hydroxyl groups excluding tert-OH is 1. The van der Waals surface area contributed by atoms with E-state index in [0.717, 1.165) is 0 Å². The quantitative estimate of drug-likeness (QED) is 0.606. The Balaban J connectivity index is 4.38. The van der Waals surface area contributed by atoms with E-state index >= 15 is 0 Å². The van der Waals surface area contributed by atoms with Crippen molar-refractivity contribution in [1.29, 1.82) is 0 Å². The summed E-state index contributed by atoms with van der Waals surface area (Å²) in [6.45, 7) is 4.52. The van der Waals surface area contributed by atoms with Crippen LogP contribution in [0.4, 0.5) is 0 Å². The molecular formula is C10H23NO4S. The predicted molar refractivity (Wildman–Crippen MR) is 63.8 cm³/mol. The molecule has 0 aliphatic heterocycles. The monoisotopic (exact) mass is 253 g/mol. The molecule has 0 saturated carbocycles. The lowest BCUT2D eigenvalue weighted by Gasteiger charge is -2.25. The van der Waals surface area contributed by atoms with Crippen molar-refractivity contribution >= 4 is 10.0 Å². The highest BCUT2D eigenvalue weighted by atomic mass is 32.2. The van der Waals surface area contributed by atoms with Gasteiger partial charge in [0.05, 0.1) is 5.75 Å². The average Bonchev–Trinajstić information content (AvgIpc) is 2.17. The van der Waals surface area contributed by atoms with Crippen LogP contribution in [0.2, 0.25) is 0 Å². The molecule has 5 nitrogen and oxygen atoms in total. The van der Waals surface area contributed by atoms with E-state index in [1.807, 2.05) is 13.8 Å². The zero-order valence-corrected chi connectivity index (χ0v) is 11.2. The van der Waals surface area contributed by atoms with Gasteiger partial charge >= 0.3 is 0 Å². The molecule has 0 aromatic rings. The molecule has 0 saturated heterocycles. The van der Waals surface area contributed by atoms with Crippen molar-refractivity contribution in [2.24, 2.45) is 0 Å². The topological polar surface area (TPSA) is 66.8 Å². The first-order valence-corrected chi connectivity index (χ1v) is 7.16.